The zero-order chi connectivity index (χ0) is 23.4. The highest BCUT2D eigenvalue weighted by molar-refractivity contribution is 7.91. The predicted octanol–water partition coefficient (Wildman–Crippen LogP) is -2.10. The molecule has 180 valence electrons. The first-order chi connectivity index (χ1) is 14.5. The molecule has 0 saturated carbocycles. The lowest BCUT2D eigenvalue weighted by atomic mass is 10.3. The highest BCUT2D eigenvalue weighted by Crippen LogP contribution is 2.02. The highest BCUT2D eigenvalue weighted by Gasteiger charge is 2.20. The van der Waals surface area contributed by atoms with Crippen LogP contribution < -0.4 is 0 Å². The van der Waals surface area contributed by atoms with Gasteiger partial charge in [-0.15, -0.1) is 0 Å². The lowest BCUT2D eigenvalue weighted by molar-refractivity contribution is -0.140. The molecule has 0 unspecified atom stereocenters. The number of hydrogen-bond acceptors (Lipinski definition) is 9. The lowest BCUT2D eigenvalue weighted by Gasteiger charge is -2.33. The van der Waals surface area contributed by atoms with E-state index in [2.05, 4.69) is 0 Å². The van der Waals surface area contributed by atoms with Gasteiger partial charge in [0.2, 0.25) is 0 Å². The van der Waals surface area contributed by atoms with Gasteiger partial charge < -0.3 is 15.3 Å². The van der Waals surface area contributed by atoms with Gasteiger partial charge in [0.1, 0.15) is 0 Å². The molecule has 0 aliphatic carbocycles. The van der Waals surface area contributed by atoms with Crippen LogP contribution in [0.25, 0.3) is 0 Å². The largest absolute Gasteiger partial charge is 0.480 e. The van der Waals surface area contributed by atoms with Gasteiger partial charge >= 0.3 is 17.9 Å². The molecule has 31 heavy (non-hydrogen) atoms. The minimum Gasteiger partial charge on any atom is -0.480 e. The summed E-state index contributed by atoms with van der Waals surface area (Å²) >= 11 is 0. The quantitative estimate of drug-likeness (QED) is 0.322. The number of carboxylic acid groups (broad SMARTS) is 3. The smallest absolute Gasteiger partial charge is 0.317 e. The second kappa shape index (κ2) is 13.6. The number of sulfone groups is 1. The zero-order valence-electron chi connectivity index (χ0n) is 18.0. The number of nitrogens with zero attached hydrogens (tertiary/aromatic N) is 4. The molecule has 0 aromatic rings. The molecule has 1 saturated heterocycles. The van der Waals surface area contributed by atoms with E-state index < -0.39 is 27.7 Å². The molecule has 1 fully saturated rings. The van der Waals surface area contributed by atoms with E-state index in [4.69, 9.17) is 5.11 Å². The van der Waals surface area contributed by atoms with Crippen LogP contribution in [0, 0.1) is 0 Å². The van der Waals surface area contributed by atoms with Gasteiger partial charge in [-0.1, -0.05) is 6.92 Å². The van der Waals surface area contributed by atoms with Crippen molar-refractivity contribution in [2.75, 3.05) is 90.0 Å². The van der Waals surface area contributed by atoms with Crippen LogP contribution in [0.3, 0.4) is 0 Å². The third kappa shape index (κ3) is 12.6. The van der Waals surface area contributed by atoms with Gasteiger partial charge in [-0.3, -0.25) is 34.0 Å². The molecular formula is C18H34N4O8S. The first-order valence-corrected chi connectivity index (χ1v) is 12.1. The molecular weight excluding hydrogens is 432 g/mol. The van der Waals surface area contributed by atoms with Crippen molar-refractivity contribution in [3.8, 4) is 0 Å². The molecule has 0 radical (unpaired) electrons. The van der Waals surface area contributed by atoms with Crippen molar-refractivity contribution in [2.24, 2.45) is 0 Å². The van der Waals surface area contributed by atoms with E-state index in [1.165, 1.54) is 0 Å². The maximum Gasteiger partial charge on any atom is 0.317 e. The number of rotatable bonds is 10. The monoisotopic (exact) mass is 466 g/mol. The lowest BCUT2D eigenvalue weighted by Crippen LogP contribution is -2.49. The van der Waals surface area contributed by atoms with Gasteiger partial charge in [0.05, 0.1) is 25.4 Å². The minimum absolute atomic E-state index is 0.0201. The Kier molecular flexibility index (Phi) is 11.9. The van der Waals surface area contributed by atoms with Crippen molar-refractivity contribution in [1.82, 2.24) is 19.6 Å². The molecule has 1 rings (SSSR count). The summed E-state index contributed by atoms with van der Waals surface area (Å²) in [4.78, 5) is 40.6. The normalized spacial score (nSPS) is 19.4. The fraction of sp³-hybridized carbons (Fsp3) is 0.833. The standard InChI is InChI=1S/C18H34N4O8S/c1-2-31(29,30)12-11-19-3-5-20(13-16(23)24)7-9-22(15-18(27)28)10-8-21(6-4-19)14-17(25)26/h2-15H2,1H3,(H,23,24)(H,25,26)(H,27,28). The third-order valence-electron chi connectivity index (χ3n) is 5.16. The molecule has 1 aliphatic heterocycles. The summed E-state index contributed by atoms with van der Waals surface area (Å²) in [7, 11) is -3.17. The van der Waals surface area contributed by atoms with Crippen molar-refractivity contribution in [3.63, 3.8) is 0 Å². The number of carbonyl (C=O) groups is 3. The summed E-state index contributed by atoms with van der Waals surface area (Å²) in [5, 5.41) is 27.5. The number of hydrogen-bond donors (Lipinski definition) is 3. The van der Waals surface area contributed by atoms with Gasteiger partial charge in [0, 0.05) is 64.7 Å². The molecule has 1 aliphatic rings. The predicted molar refractivity (Wildman–Crippen MR) is 113 cm³/mol. The first-order valence-electron chi connectivity index (χ1n) is 10.3. The molecule has 0 spiro atoms. The van der Waals surface area contributed by atoms with E-state index >= 15 is 0 Å². The summed E-state index contributed by atoms with van der Waals surface area (Å²) in [6, 6.07) is 0. The van der Waals surface area contributed by atoms with E-state index in [0.717, 1.165) is 0 Å². The highest BCUT2D eigenvalue weighted by atomic mass is 32.2. The third-order valence-corrected chi connectivity index (χ3v) is 6.85. The van der Waals surface area contributed by atoms with E-state index in [0.29, 0.717) is 52.4 Å². The molecule has 13 heteroatoms. The van der Waals surface area contributed by atoms with Crippen molar-refractivity contribution in [1.29, 1.82) is 0 Å². The van der Waals surface area contributed by atoms with Crippen molar-refractivity contribution >= 4 is 27.7 Å². The van der Waals surface area contributed by atoms with Gasteiger partial charge in [-0.2, -0.15) is 0 Å². The maximum absolute atomic E-state index is 11.9. The Balaban J connectivity index is 2.95. The number of aliphatic carboxylic acids is 3. The Bertz CT molecular complexity index is 671. The summed E-state index contributed by atoms with van der Waals surface area (Å²) < 4.78 is 23.8. The Morgan fingerprint density at radius 2 is 0.935 bits per heavy atom. The Labute approximate surface area is 182 Å². The topological polar surface area (TPSA) is 159 Å². The maximum atomic E-state index is 11.9. The van der Waals surface area contributed by atoms with Gasteiger partial charge in [-0.05, 0) is 0 Å². The average Bonchev–Trinajstić information content (AvgIpc) is 2.66. The summed E-state index contributed by atoms with van der Waals surface area (Å²) in [5.41, 5.74) is 0. The molecule has 0 aromatic heterocycles. The van der Waals surface area contributed by atoms with Gasteiger partial charge in [0.15, 0.2) is 9.84 Å². The molecule has 3 N–H and O–H groups in total. The Morgan fingerprint density at radius 3 is 1.19 bits per heavy atom. The molecule has 0 amide bonds. The van der Waals surface area contributed by atoms with Crippen molar-refractivity contribution in [2.45, 2.75) is 6.92 Å². The van der Waals surface area contributed by atoms with E-state index in [9.17, 15) is 33.0 Å². The Morgan fingerprint density at radius 1 is 0.645 bits per heavy atom. The fourth-order valence-corrected chi connectivity index (χ4v) is 4.09. The van der Waals surface area contributed by atoms with E-state index in [1.807, 2.05) is 4.90 Å². The second-order valence-electron chi connectivity index (χ2n) is 7.59. The van der Waals surface area contributed by atoms with Crippen LogP contribution in [0.1, 0.15) is 6.92 Å². The fourth-order valence-electron chi connectivity index (χ4n) is 3.26. The van der Waals surface area contributed by atoms with Crippen LogP contribution in [-0.2, 0) is 24.2 Å². The van der Waals surface area contributed by atoms with Gasteiger partial charge in [-0.25, -0.2) is 8.42 Å². The molecule has 1 heterocycles. The second-order valence-corrected chi connectivity index (χ2v) is 10.1. The Hall–Kier alpha value is -1.80. The summed E-state index contributed by atoms with van der Waals surface area (Å²) in [6.45, 7) is 4.15. The average molecular weight is 467 g/mol. The summed E-state index contributed by atoms with van der Waals surface area (Å²) in [5.74, 6) is -2.98. The van der Waals surface area contributed by atoms with Crippen LogP contribution in [-0.4, -0.2) is 151 Å². The molecule has 12 nitrogen and oxygen atoms in total. The van der Waals surface area contributed by atoms with Crippen LogP contribution >= 0.6 is 0 Å². The molecule has 0 bridgehead atoms. The van der Waals surface area contributed by atoms with Crippen LogP contribution in [0.15, 0.2) is 0 Å². The van der Waals surface area contributed by atoms with E-state index in [-0.39, 0.29) is 37.7 Å². The number of carboxylic acids is 3. The van der Waals surface area contributed by atoms with Crippen molar-refractivity contribution < 1.29 is 38.1 Å². The van der Waals surface area contributed by atoms with Crippen LogP contribution in [0.4, 0.5) is 0 Å². The first kappa shape index (κ1) is 27.2. The summed E-state index contributed by atoms with van der Waals surface area (Å²) in [6.07, 6.45) is 0. The molecule has 0 atom stereocenters. The SMILES string of the molecule is CCS(=O)(=O)CCN1CCN(CC(=O)O)CCN(CC(=O)O)CCN(CC(=O)O)CC1. The van der Waals surface area contributed by atoms with Crippen molar-refractivity contribution in [3.05, 3.63) is 0 Å². The molecule has 0 aromatic carbocycles. The van der Waals surface area contributed by atoms with E-state index in [1.54, 1.807) is 21.6 Å². The van der Waals surface area contributed by atoms with Crippen LogP contribution in [0.2, 0.25) is 0 Å². The van der Waals surface area contributed by atoms with Crippen LogP contribution in [0.5, 0.6) is 0 Å². The minimum atomic E-state index is -3.17. The zero-order valence-corrected chi connectivity index (χ0v) is 18.8. The van der Waals surface area contributed by atoms with Gasteiger partial charge in [0.25, 0.3) is 0 Å².